The SMILES string of the molecule is Cc1ccccc1-c1cc(-c2cc(-c3ncccc3C)ccc2C)c(-c2ccccc2C)cc1-c1cc(-c2ncccc2C)ccc1C. The van der Waals surface area contributed by atoms with Gasteiger partial charge in [0.25, 0.3) is 0 Å². The highest BCUT2D eigenvalue weighted by molar-refractivity contribution is 5.98. The summed E-state index contributed by atoms with van der Waals surface area (Å²) >= 11 is 0. The van der Waals surface area contributed by atoms with E-state index in [0.717, 1.165) is 22.5 Å². The predicted molar refractivity (Wildman–Crippen MR) is 203 cm³/mol. The van der Waals surface area contributed by atoms with Crippen LogP contribution in [0.15, 0.2) is 134 Å². The van der Waals surface area contributed by atoms with Crippen molar-refractivity contribution in [1.29, 1.82) is 0 Å². The topological polar surface area (TPSA) is 25.8 Å². The lowest BCUT2D eigenvalue weighted by Crippen LogP contribution is -1.98. The van der Waals surface area contributed by atoms with E-state index in [1.807, 2.05) is 24.5 Å². The summed E-state index contributed by atoms with van der Waals surface area (Å²) in [5, 5.41) is 0. The number of benzene rings is 5. The molecule has 0 aliphatic rings. The number of aryl methyl sites for hydroxylation is 6. The van der Waals surface area contributed by atoms with Crippen molar-refractivity contribution in [3.63, 3.8) is 0 Å². The summed E-state index contributed by atoms with van der Waals surface area (Å²) in [7, 11) is 0. The van der Waals surface area contributed by atoms with Gasteiger partial charge in [-0.15, -0.1) is 0 Å². The van der Waals surface area contributed by atoms with Crippen molar-refractivity contribution in [2.24, 2.45) is 0 Å². The molecule has 0 radical (unpaired) electrons. The molecule has 2 aromatic heterocycles. The molecule has 2 nitrogen and oxygen atoms in total. The zero-order chi connectivity index (χ0) is 33.4. The van der Waals surface area contributed by atoms with Crippen LogP contribution in [0.2, 0.25) is 0 Å². The first kappa shape index (κ1) is 31.0. The van der Waals surface area contributed by atoms with Crippen molar-refractivity contribution in [3.05, 3.63) is 167 Å². The van der Waals surface area contributed by atoms with Crippen molar-refractivity contribution in [2.45, 2.75) is 41.5 Å². The molecule has 7 rings (SSSR count). The molecule has 0 aliphatic heterocycles. The fourth-order valence-corrected chi connectivity index (χ4v) is 6.94. The van der Waals surface area contributed by atoms with Crippen LogP contribution in [0.3, 0.4) is 0 Å². The maximum Gasteiger partial charge on any atom is 0.0731 e. The van der Waals surface area contributed by atoms with Crippen LogP contribution in [0.5, 0.6) is 0 Å². The molecule has 7 aromatic rings. The maximum atomic E-state index is 4.78. The molecule has 234 valence electrons. The van der Waals surface area contributed by atoms with Crippen molar-refractivity contribution >= 4 is 0 Å². The minimum Gasteiger partial charge on any atom is -0.256 e. The summed E-state index contributed by atoms with van der Waals surface area (Å²) in [6.45, 7) is 13.1. The van der Waals surface area contributed by atoms with E-state index in [-0.39, 0.29) is 0 Å². The third-order valence-corrected chi connectivity index (χ3v) is 9.65. The highest BCUT2D eigenvalue weighted by Crippen LogP contribution is 2.46. The molecule has 2 heteroatoms. The highest BCUT2D eigenvalue weighted by atomic mass is 14.7. The van der Waals surface area contributed by atoms with Crippen LogP contribution >= 0.6 is 0 Å². The molecule has 0 saturated carbocycles. The third kappa shape index (κ3) is 5.75. The monoisotopic (exact) mass is 620 g/mol. The number of rotatable bonds is 6. The molecule has 5 aromatic carbocycles. The molecule has 0 amide bonds. The quantitative estimate of drug-likeness (QED) is 0.185. The zero-order valence-electron chi connectivity index (χ0n) is 28.6. The van der Waals surface area contributed by atoms with E-state index in [2.05, 4.69) is 151 Å². The fourth-order valence-electron chi connectivity index (χ4n) is 6.94. The van der Waals surface area contributed by atoms with Crippen LogP contribution in [0.4, 0.5) is 0 Å². The van der Waals surface area contributed by atoms with E-state index in [0.29, 0.717) is 0 Å². The van der Waals surface area contributed by atoms with Crippen LogP contribution in [0.25, 0.3) is 67.0 Å². The summed E-state index contributed by atoms with van der Waals surface area (Å²) in [6, 6.07) is 44.2. The van der Waals surface area contributed by atoms with Crippen LogP contribution in [0.1, 0.15) is 33.4 Å². The standard InChI is InChI=1S/C46H40N2/c1-29-13-7-9-17-37(29)41-27-44(40-26-36(22-20-32(40)4)46-34(6)16-12-24-48-46)42(38-18-10-8-14-30(38)2)28-43(41)39-25-35(21-19-31(39)3)45-33(5)15-11-23-47-45/h7-28H,1-6H3. The van der Waals surface area contributed by atoms with Gasteiger partial charge in [0.1, 0.15) is 0 Å². The Morgan fingerprint density at radius 1 is 0.292 bits per heavy atom. The number of pyridine rings is 2. The second-order valence-electron chi connectivity index (χ2n) is 13.0. The van der Waals surface area contributed by atoms with E-state index in [9.17, 15) is 0 Å². The van der Waals surface area contributed by atoms with E-state index >= 15 is 0 Å². The summed E-state index contributed by atoms with van der Waals surface area (Å²) in [4.78, 5) is 9.56. The van der Waals surface area contributed by atoms with Crippen LogP contribution in [0, 0.1) is 41.5 Å². The first-order valence-electron chi connectivity index (χ1n) is 16.7. The van der Waals surface area contributed by atoms with Gasteiger partial charge in [0, 0.05) is 23.5 Å². The first-order chi connectivity index (χ1) is 23.3. The van der Waals surface area contributed by atoms with Gasteiger partial charge in [0.15, 0.2) is 0 Å². The molecule has 2 heterocycles. The minimum atomic E-state index is 1.02. The van der Waals surface area contributed by atoms with Gasteiger partial charge in [-0.25, -0.2) is 0 Å². The molecule has 0 saturated heterocycles. The van der Waals surface area contributed by atoms with Gasteiger partial charge >= 0.3 is 0 Å². The van der Waals surface area contributed by atoms with Gasteiger partial charge in [-0.3, -0.25) is 9.97 Å². The lowest BCUT2D eigenvalue weighted by Gasteiger charge is -2.22. The highest BCUT2D eigenvalue weighted by Gasteiger charge is 2.21. The molecule has 0 N–H and O–H groups in total. The molecule has 0 atom stereocenters. The molecule has 0 unspecified atom stereocenters. The molecule has 48 heavy (non-hydrogen) atoms. The molecule has 0 aliphatic carbocycles. The molecular formula is C46H40N2. The lowest BCUT2D eigenvalue weighted by molar-refractivity contribution is 1.27. The summed E-state index contributed by atoms with van der Waals surface area (Å²) in [5.41, 5.74) is 21.3. The van der Waals surface area contributed by atoms with Gasteiger partial charge in [-0.1, -0.05) is 84.9 Å². The Morgan fingerprint density at radius 2 is 0.646 bits per heavy atom. The summed E-state index contributed by atoms with van der Waals surface area (Å²) < 4.78 is 0. The Balaban J connectivity index is 1.57. The third-order valence-electron chi connectivity index (χ3n) is 9.65. The fraction of sp³-hybridized carbons (Fsp3) is 0.130. The Bertz CT molecular complexity index is 2150. The van der Waals surface area contributed by atoms with Crippen LogP contribution in [-0.4, -0.2) is 9.97 Å². The van der Waals surface area contributed by atoms with Gasteiger partial charge in [-0.2, -0.15) is 0 Å². The second kappa shape index (κ2) is 12.9. The number of hydrogen-bond donors (Lipinski definition) is 0. The Hall–Kier alpha value is -5.60. The van der Waals surface area contributed by atoms with Crippen molar-refractivity contribution in [2.75, 3.05) is 0 Å². The minimum absolute atomic E-state index is 1.02. The molecule has 0 fully saturated rings. The first-order valence-corrected chi connectivity index (χ1v) is 16.7. The average Bonchev–Trinajstić information content (AvgIpc) is 3.09. The van der Waals surface area contributed by atoms with Gasteiger partial charge in [0.05, 0.1) is 11.4 Å². The van der Waals surface area contributed by atoms with E-state index in [1.165, 1.54) is 77.9 Å². The summed E-state index contributed by atoms with van der Waals surface area (Å²) in [5.74, 6) is 0. The number of hydrogen-bond acceptors (Lipinski definition) is 2. The Kier molecular flexibility index (Phi) is 8.33. The predicted octanol–water partition coefficient (Wildman–Crippen LogP) is 12.3. The largest absolute Gasteiger partial charge is 0.256 e. The van der Waals surface area contributed by atoms with Gasteiger partial charge < -0.3 is 0 Å². The normalized spacial score (nSPS) is 11.1. The van der Waals surface area contributed by atoms with Gasteiger partial charge in [-0.05, 0) is 156 Å². The molecular weight excluding hydrogens is 581 g/mol. The maximum absolute atomic E-state index is 4.78. The number of aromatic nitrogens is 2. The van der Waals surface area contributed by atoms with Crippen LogP contribution < -0.4 is 0 Å². The van der Waals surface area contributed by atoms with E-state index in [1.54, 1.807) is 0 Å². The smallest absolute Gasteiger partial charge is 0.0731 e. The van der Waals surface area contributed by atoms with Crippen molar-refractivity contribution in [1.82, 2.24) is 9.97 Å². The van der Waals surface area contributed by atoms with E-state index in [4.69, 9.17) is 9.97 Å². The lowest BCUT2D eigenvalue weighted by atomic mass is 9.81. The van der Waals surface area contributed by atoms with Crippen molar-refractivity contribution < 1.29 is 0 Å². The molecule has 0 spiro atoms. The Morgan fingerprint density at radius 3 is 1.04 bits per heavy atom. The second-order valence-corrected chi connectivity index (χ2v) is 13.0. The molecule has 0 bridgehead atoms. The Labute approximate surface area is 284 Å². The van der Waals surface area contributed by atoms with Crippen molar-refractivity contribution in [3.8, 4) is 67.0 Å². The summed E-state index contributed by atoms with van der Waals surface area (Å²) in [6.07, 6.45) is 3.77. The van der Waals surface area contributed by atoms with Crippen LogP contribution in [-0.2, 0) is 0 Å². The van der Waals surface area contributed by atoms with Gasteiger partial charge in [0.2, 0.25) is 0 Å². The zero-order valence-corrected chi connectivity index (χ0v) is 28.6. The number of nitrogens with zero attached hydrogens (tertiary/aromatic N) is 2. The van der Waals surface area contributed by atoms with E-state index < -0.39 is 0 Å². The average molecular weight is 621 g/mol.